The standard InChI is InChI=1S/C10H13N2O2/c1-12(2)7-8-14-10(13)9-5-3-4-6-11-9/h3-4,6H,7-8H2,1-2H3. The van der Waals surface area contributed by atoms with E-state index >= 15 is 0 Å². The Hall–Kier alpha value is -1.42. The Balaban J connectivity index is 2.36. The first-order chi connectivity index (χ1) is 6.70. The Morgan fingerprint density at radius 2 is 2.43 bits per heavy atom. The van der Waals surface area contributed by atoms with Gasteiger partial charge in [-0.15, -0.1) is 0 Å². The Morgan fingerprint density at radius 3 is 3.00 bits per heavy atom. The van der Waals surface area contributed by atoms with Gasteiger partial charge in [0, 0.05) is 18.8 Å². The number of carbonyl (C=O) groups excluding carboxylic acids is 1. The van der Waals surface area contributed by atoms with E-state index < -0.39 is 5.97 Å². The molecule has 0 aliphatic carbocycles. The van der Waals surface area contributed by atoms with Crippen LogP contribution in [0.2, 0.25) is 0 Å². The van der Waals surface area contributed by atoms with Gasteiger partial charge in [0.2, 0.25) is 0 Å². The molecule has 1 heterocycles. The quantitative estimate of drug-likeness (QED) is 0.657. The van der Waals surface area contributed by atoms with Crippen molar-refractivity contribution in [3.63, 3.8) is 0 Å². The Kier molecular flexibility index (Phi) is 4.07. The molecule has 0 fully saturated rings. The van der Waals surface area contributed by atoms with Crippen LogP contribution in [-0.2, 0) is 4.74 Å². The van der Waals surface area contributed by atoms with Crippen molar-refractivity contribution in [2.24, 2.45) is 0 Å². The van der Waals surface area contributed by atoms with Crippen molar-refractivity contribution in [2.75, 3.05) is 27.2 Å². The first-order valence-corrected chi connectivity index (χ1v) is 4.34. The van der Waals surface area contributed by atoms with Crippen LogP contribution in [0.1, 0.15) is 10.5 Å². The fourth-order valence-electron chi connectivity index (χ4n) is 0.826. The third-order valence-electron chi connectivity index (χ3n) is 1.57. The van der Waals surface area contributed by atoms with E-state index in [9.17, 15) is 4.79 Å². The summed E-state index contributed by atoms with van der Waals surface area (Å²) in [6.07, 6.45) is 1.54. The Morgan fingerprint density at radius 1 is 1.64 bits per heavy atom. The van der Waals surface area contributed by atoms with Gasteiger partial charge < -0.3 is 9.64 Å². The van der Waals surface area contributed by atoms with E-state index in [4.69, 9.17) is 4.74 Å². The predicted molar refractivity (Wildman–Crippen MR) is 51.9 cm³/mol. The van der Waals surface area contributed by atoms with Gasteiger partial charge in [0.1, 0.15) is 6.61 Å². The summed E-state index contributed by atoms with van der Waals surface area (Å²) >= 11 is 0. The van der Waals surface area contributed by atoms with E-state index in [-0.39, 0.29) is 5.69 Å². The molecule has 0 aliphatic rings. The van der Waals surface area contributed by atoms with Crippen molar-refractivity contribution in [3.8, 4) is 0 Å². The van der Waals surface area contributed by atoms with E-state index in [0.717, 1.165) is 0 Å². The molecule has 14 heavy (non-hydrogen) atoms. The number of hydrogen-bond donors (Lipinski definition) is 0. The lowest BCUT2D eigenvalue weighted by Crippen LogP contribution is -2.20. The van der Waals surface area contributed by atoms with Gasteiger partial charge in [0.05, 0.1) is 0 Å². The summed E-state index contributed by atoms with van der Waals surface area (Å²) in [5, 5.41) is 0. The molecule has 4 heteroatoms. The zero-order valence-electron chi connectivity index (χ0n) is 8.36. The molecular weight excluding hydrogens is 180 g/mol. The average Bonchev–Trinajstić information content (AvgIpc) is 2.18. The smallest absolute Gasteiger partial charge is 0.357 e. The number of esters is 1. The van der Waals surface area contributed by atoms with Gasteiger partial charge in [-0.05, 0) is 20.2 Å². The second kappa shape index (κ2) is 5.34. The molecule has 1 rings (SSSR count). The number of rotatable bonds is 4. The van der Waals surface area contributed by atoms with Gasteiger partial charge in [-0.25, -0.2) is 9.78 Å². The van der Waals surface area contributed by atoms with E-state index in [1.807, 2.05) is 19.0 Å². The molecule has 0 amide bonds. The molecule has 0 aliphatic heterocycles. The summed E-state index contributed by atoms with van der Waals surface area (Å²) < 4.78 is 4.96. The fraction of sp³-hybridized carbons (Fsp3) is 0.400. The highest BCUT2D eigenvalue weighted by Gasteiger charge is 2.07. The maximum absolute atomic E-state index is 11.3. The molecule has 0 saturated carbocycles. The minimum absolute atomic E-state index is 0.228. The summed E-state index contributed by atoms with van der Waals surface area (Å²) in [6.45, 7) is 1.08. The zero-order valence-corrected chi connectivity index (χ0v) is 8.36. The van der Waals surface area contributed by atoms with Gasteiger partial charge in [-0.3, -0.25) is 0 Å². The second-order valence-corrected chi connectivity index (χ2v) is 3.07. The van der Waals surface area contributed by atoms with Crippen LogP contribution in [0, 0.1) is 6.07 Å². The third-order valence-corrected chi connectivity index (χ3v) is 1.57. The number of nitrogens with zero attached hydrogens (tertiary/aromatic N) is 2. The van der Waals surface area contributed by atoms with Crippen LogP contribution in [0.25, 0.3) is 0 Å². The second-order valence-electron chi connectivity index (χ2n) is 3.07. The molecule has 0 bridgehead atoms. The molecule has 4 nitrogen and oxygen atoms in total. The van der Waals surface area contributed by atoms with Crippen LogP contribution in [0.15, 0.2) is 18.3 Å². The summed E-state index contributed by atoms with van der Waals surface area (Å²) in [6, 6.07) is 6.05. The molecule has 1 aromatic rings. The molecule has 0 aromatic carbocycles. The van der Waals surface area contributed by atoms with Crippen molar-refractivity contribution in [2.45, 2.75) is 0 Å². The van der Waals surface area contributed by atoms with Crippen LogP contribution in [0.5, 0.6) is 0 Å². The number of carbonyl (C=O) groups is 1. The number of pyridine rings is 1. The summed E-state index contributed by atoms with van der Waals surface area (Å²) in [4.78, 5) is 17.1. The highest BCUT2D eigenvalue weighted by molar-refractivity contribution is 5.86. The van der Waals surface area contributed by atoms with E-state index in [1.165, 1.54) is 0 Å². The predicted octanol–water partition coefficient (Wildman–Crippen LogP) is 0.600. The Bertz CT molecular complexity index is 285. The molecule has 0 saturated heterocycles. The molecule has 0 N–H and O–H groups in total. The SMILES string of the molecule is CN(C)CCOC(=O)c1[c]cccn1. The van der Waals surface area contributed by atoms with Gasteiger partial charge in [0.15, 0.2) is 5.69 Å². The summed E-state index contributed by atoms with van der Waals surface area (Å²) in [7, 11) is 3.83. The zero-order chi connectivity index (χ0) is 10.4. The van der Waals surface area contributed by atoms with Crippen LogP contribution in [-0.4, -0.2) is 43.1 Å². The van der Waals surface area contributed by atoms with Crippen LogP contribution in [0.3, 0.4) is 0 Å². The fourth-order valence-corrected chi connectivity index (χ4v) is 0.826. The minimum atomic E-state index is -0.424. The number of ether oxygens (including phenoxy) is 1. The molecule has 0 spiro atoms. The first kappa shape index (κ1) is 10.7. The monoisotopic (exact) mass is 193 g/mol. The minimum Gasteiger partial charge on any atom is -0.460 e. The summed E-state index contributed by atoms with van der Waals surface area (Å²) in [5.41, 5.74) is 0.228. The lowest BCUT2D eigenvalue weighted by atomic mass is 10.3. The van der Waals surface area contributed by atoms with Crippen LogP contribution >= 0.6 is 0 Å². The van der Waals surface area contributed by atoms with E-state index in [2.05, 4.69) is 11.1 Å². The van der Waals surface area contributed by atoms with Crippen molar-refractivity contribution in [3.05, 3.63) is 30.1 Å². The Labute approximate surface area is 83.5 Å². The number of aromatic nitrogens is 1. The highest BCUT2D eigenvalue weighted by Crippen LogP contribution is 1.95. The third kappa shape index (κ3) is 3.53. The molecule has 1 aromatic heterocycles. The topological polar surface area (TPSA) is 42.4 Å². The molecule has 1 radical (unpaired) electrons. The first-order valence-electron chi connectivity index (χ1n) is 4.34. The highest BCUT2D eigenvalue weighted by atomic mass is 16.5. The lowest BCUT2D eigenvalue weighted by molar-refractivity contribution is 0.0474. The largest absolute Gasteiger partial charge is 0.460 e. The summed E-state index contributed by atoms with van der Waals surface area (Å²) in [5.74, 6) is -0.424. The van der Waals surface area contributed by atoms with Gasteiger partial charge in [0.25, 0.3) is 0 Å². The average molecular weight is 193 g/mol. The van der Waals surface area contributed by atoms with Crippen molar-refractivity contribution in [1.82, 2.24) is 9.88 Å². The van der Waals surface area contributed by atoms with E-state index in [1.54, 1.807) is 18.3 Å². The van der Waals surface area contributed by atoms with Crippen molar-refractivity contribution >= 4 is 5.97 Å². The maximum Gasteiger partial charge on any atom is 0.357 e. The van der Waals surface area contributed by atoms with Gasteiger partial charge in [-0.2, -0.15) is 0 Å². The van der Waals surface area contributed by atoms with Gasteiger partial charge in [-0.1, -0.05) is 6.07 Å². The van der Waals surface area contributed by atoms with Crippen LogP contribution in [0.4, 0.5) is 0 Å². The maximum atomic E-state index is 11.3. The van der Waals surface area contributed by atoms with Crippen molar-refractivity contribution < 1.29 is 9.53 Å². The molecule has 0 unspecified atom stereocenters. The van der Waals surface area contributed by atoms with Crippen molar-refractivity contribution in [1.29, 1.82) is 0 Å². The van der Waals surface area contributed by atoms with Gasteiger partial charge >= 0.3 is 5.97 Å². The number of hydrogen-bond acceptors (Lipinski definition) is 4. The molecule has 75 valence electrons. The molecule has 0 atom stereocenters. The normalized spacial score (nSPS) is 10.2. The van der Waals surface area contributed by atoms with Crippen LogP contribution < -0.4 is 0 Å². The number of likely N-dealkylation sites (N-methyl/N-ethyl adjacent to an activating group) is 1. The molecular formula is C10H13N2O2. The van der Waals surface area contributed by atoms with E-state index in [0.29, 0.717) is 13.2 Å². The lowest BCUT2D eigenvalue weighted by Gasteiger charge is -2.09.